The number of rotatable bonds is 39. The first-order valence-electron chi connectivity index (χ1n) is 33.7. The van der Waals surface area contributed by atoms with Gasteiger partial charge in [-0.3, -0.25) is 4.55 Å². The fourth-order valence-electron chi connectivity index (χ4n) is 10.5. The smallest absolute Gasteiger partial charge is 0.267 e. The van der Waals surface area contributed by atoms with Gasteiger partial charge in [-0.15, -0.1) is 0 Å². The quantitative estimate of drug-likeness (QED) is 0.0303. The van der Waals surface area contributed by atoms with Gasteiger partial charge in [-0.2, -0.15) is 8.42 Å². The lowest BCUT2D eigenvalue weighted by Gasteiger charge is -2.10. The molecule has 8 rings (SSSR count). The lowest BCUT2D eigenvalue weighted by molar-refractivity contribution is -0.00183. The summed E-state index contributed by atoms with van der Waals surface area (Å²) in [7, 11) is -3.93. The summed E-state index contributed by atoms with van der Waals surface area (Å²) in [6, 6.07) is 68.3. The van der Waals surface area contributed by atoms with Gasteiger partial charge in [-0.1, -0.05) is 311 Å². The van der Waals surface area contributed by atoms with E-state index in [9.17, 15) is 8.42 Å². The van der Waals surface area contributed by atoms with Crippen molar-refractivity contribution >= 4 is 31.7 Å². The number of unbranched alkanes of at least 4 members (excludes halogenated alkanes) is 15. The minimum atomic E-state index is -3.93. The Morgan fingerprint density at radius 1 is 0.330 bits per heavy atom. The minimum absolute atomic E-state index is 0.423. The van der Waals surface area contributed by atoms with Crippen LogP contribution in [-0.4, -0.2) is 71.1 Å². The molecule has 1 atom stereocenters. The van der Waals surface area contributed by atoms with E-state index in [0.717, 1.165) is 35.8 Å². The molecule has 0 aliphatic rings. The lowest BCUT2D eigenvalue weighted by Crippen LogP contribution is -2.17. The van der Waals surface area contributed by atoms with E-state index in [1.54, 1.807) is 0 Å². The molecule has 0 spiro atoms. The Morgan fingerprint density at radius 2 is 0.727 bits per heavy atom. The molecule has 0 saturated heterocycles. The molecule has 0 aromatic heterocycles. The number of benzene rings is 8. The zero-order valence-electron chi connectivity index (χ0n) is 54.3. The molecule has 7 nitrogen and oxygen atoms in total. The second-order valence-corrected chi connectivity index (χ2v) is 25.1. The Bertz CT molecular complexity index is 3090. The van der Waals surface area contributed by atoms with Crippen LogP contribution in [0.15, 0.2) is 194 Å². The molecule has 8 heteroatoms. The minimum Gasteiger partial charge on any atom is -0.379 e. The molecule has 8 aromatic carbocycles. The first-order valence-corrected chi connectivity index (χ1v) is 35.2. The van der Waals surface area contributed by atoms with Crippen molar-refractivity contribution < 1.29 is 31.9 Å². The predicted molar refractivity (Wildman–Crippen MR) is 375 cm³/mol. The summed E-state index contributed by atoms with van der Waals surface area (Å²) in [4.78, 5) is 0. The summed E-state index contributed by atoms with van der Waals surface area (Å²) in [5.41, 5.74) is 10.5. The third-order valence-electron chi connectivity index (χ3n) is 16.1. The summed E-state index contributed by atoms with van der Waals surface area (Å²) >= 11 is 0. The van der Waals surface area contributed by atoms with Crippen LogP contribution in [0.3, 0.4) is 0 Å². The van der Waals surface area contributed by atoms with E-state index in [2.05, 4.69) is 166 Å². The Balaban J connectivity index is 0.000000223. The highest BCUT2D eigenvalue weighted by atomic mass is 32.2. The highest BCUT2D eigenvalue weighted by molar-refractivity contribution is 7.86. The van der Waals surface area contributed by atoms with Crippen LogP contribution in [0.25, 0.3) is 43.8 Å². The monoisotopic (exact) mass is 1210 g/mol. The predicted octanol–water partition coefficient (Wildman–Crippen LogP) is 21.4. The zero-order valence-corrected chi connectivity index (χ0v) is 55.1. The maximum absolute atomic E-state index is 11.0. The van der Waals surface area contributed by atoms with E-state index in [1.807, 2.05) is 48.5 Å². The van der Waals surface area contributed by atoms with Crippen LogP contribution >= 0.6 is 0 Å². The number of hydrogen-bond acceptors (Lipinski definition) is 6. The SMILES string of the molecule is CC(CCc1cccc2ccccc12)S(=O)(=O)O.CCCCCCCCCCCCc1ccc(-c2ccccc2)cc1.CCCCCCCCOCCOCCOCCOCCc1ccc(-c2ccccc2)cc1.CCCCc1ccc2ccccc2c1. The molecule has 8 aromatic rings. The van der Waals surface area contributed by atoms with E-state index in [4.69, 9.17) is 23.5 Å². The van der Waals surface area contributed by atoms with Gasteiger partial charge in [-0.25, -0.2) is 0 Å². The summed E-state index contributed by atoms with van der Waals surface area (Å²) < 4.78 is 53.2. The largest absolute Gasteiger partial charge is 0.379 e. The van der Waals surface area contributed by atoms with Gasteiger partial charge in [0.2, 0.25) is 0 Å². The molecule has 0 aliphatic carbocycles. The molecule has 0 aliphatic heterocycles. The summed E-state index contributed by atoms with van der Waals surface area (Å²) in [6.07, 6.45) is 28.9. The zero-order chi connectivity index (χ0) is 62.4. The van der Waals surface area contributed by atoms with Gasteiger partial charge in [0, 0.05) is 6.61 Å². The van der Waals surface area contributed by atoms with Crippen molar-refractivity contribution in [3.05, 3.63) is 216 Å². The molecule has 0 heterocycles. The van der Waals surface area contributed by atoms with Crippen LogP contribution in [-0.2, 0) is 54.7 Å². The number of ether oxygens (including phenoxy) is 4. The van der Waals surface area contributed by atoms with Gasteiger partial charge < -0.3 is 18.9 Å². The van der Waals surface area contributed by atoms with Crippen molar-refractivity contribution in [3.8, 4) is 22.3 Å². The molecule has 0 bridgehead atoms. The van der Waals surface area contributed by atoms with Crippen molar-refractivity contribution in [3.63, 3.8) is 0 Å². The average molecular weight is 1210 g/mol. The Hall–Kier alpha value is -5.97. The lowest BCUT2D eigenvalue weighted by atomic mass is 10.0. The summed E-state index contributed by atoms with van der Waals surface area (Å²) in [6.45, 7) is 13.6. The fraction of sp³-hybridized carbons (Fsp3) is 0.450. The maximum atomic E-state index is 11.0. The Kier molecular flexibility index (Phi) is 38.2. The van der Waals surface area contributed by atoms with Gasteiger partial charge in [0.25, 0.3) is 10.1 Å². The van der Waals surface area contributed by atoms with Gasteiger partial charge in [-0.05, 0) is 124 Å². The standard InChI is InChI=1S/C28H42O4.C24H34.C14H16O3S.C14H16/c1-2-3-4-5-6-10-18-29-20-22-31-24-25-32-23-21-30-19-17-26-13-15-28(16-14-26)27-11-8-7-9-12-27;1-2-3-4-5-6-7-8-9-10-12-15-22-18-20-24(21-19-22)23-16-13-11-14-17-23;1-11(18(15,16)17)9-10-13-7-4-6-12-5-2-3-8-14(12)13;1-2-3-6-12-9-10-13-7-4-5-8-14(13)11-12/h7-9,11-16H,2-6,10,17-25H2,1H3;11,13-14,16-21H,2-10,12,15H2,1H3;2-8,11H,9-10H2,1H3,(H,15,16,17);4-5,7-11H,2-3,6H2,1H3. The second-order valence-electron chi connectivity index (χ2n) is 23.3. The van der Waals surface area contributed by atoms with Crippen LogP contribution in [0.2, 0.25) is 0 Å². The van der Waals surface area contributed by atoms with Crippen molar-refractivity contribution in [2.75, 3.05) is 52.9 Å². The topological polar surface area (TPSA) is 91.3 Å². The average Bonchev–Trinajstić information content (AvgIpc) is 3.74. The first kappa shape index (κ1) is 72.8. The summed E-state index contributed by atoms with van der Waals surface area (Å²) in [5.74, 6) is 0. The second kappa shape index (κ2) is 46.2. The van der Waals surface area contributed by atoms with Crippen LogP contribution in [0.5, 0.6) is 0 Å². The van der Waals surface area contributed by atoms with Gasteiger partial charge in [0.05, 0.1) is 51.5 Å². The normalized spacial score (nSPS) is 11.5. The van der Waals surface area contributed by atoms with Gasteiger partial charge in [0.1, 0.15) is 0 Å². The molecule has 476 valence electrons. The van der Waals surface area contributed by atoms with Crippen LogP contribution in [0.1, 0.15) is 172 Å². The number of fused-ring (bicyclic) bond motifs is 2. The van der Waals surface area contributed by atoms with Crippen molar-refractivity contribution in [1.29, 1.82) is 0 Å². The molecular formula is C80H108O7S. The highest BCUT2D eigenvalue weighted by Crippen LogP contribution is 2.24. The van der Waals surface area contributed by atoms with E-state index in [1.165, 1.54) is 179 Å². The van der Waals surface area contributed by atoms with Gasteiger partial charge in [0.15, 0.2) is 0 Å². The van der Waals surface area contributed by atoms with E-state index < -0.39 is 15.4 Å². The third-order valence-corrected chi connectivity index (χ3v) is 17.3. The molecule has 0 saturated carbocycles. The van der Waals surface area contributed by atoms with E-state index >= 15 is 0 Å². The molecule has 88 heavy (non-hydrogen) atoms. The molecule has 1 N–H and O–H groups in total. The van der Waals surface area contributed by atoms with Crippen LogP contribution in [0.4, 0.5) is 0 Å². The molecule has 0 radical (unpaired) electrons. The van der Waals surface area contributed by atoms with E-state index in [0.29, 0.717) is 59.1 Å². The number of hydrogen-bond donors (Lipinski definition) is 1. The Morgan fingerprint density at radius 3 is 1.26 bits per heavy atom. The van der Waals surface area contributed by atoms with Gasteiger partial charge >= 0.3 is 0 Å². The first-order chi connectivity index (χ1) is 43.2. The Labute approximate surface area is 532 Å². The van der Waals surface area contributed by atoms with E-state index in [-0.39, 0.29) is 0 Å². The molecular weight excluding hydrogens is 1100 g/mol. The van der Waals surface area contributed by atoms with Crippen molar-refractivity contribution in [2.24, 2.45) is 0 Å². The van der Waals surface area contributed by atoms with Crippen molar-refractivity contribution in [2.45, 2.75) is 181 Å². The van der Waals surface area contributed by atoms with Crippen molar-refractivity contribution in [1.82, 2.24) is 0 Å². The fourth-order valence-corrected chi connectivity index (χ4v) is 11.0. The van der Waals surface area contributed by atoms with Crippen LogP contribution < -0.4 is 0 Å². The molecule has 0 amide bonds. The third kappa shape index (κ3) is 31.5. The number of aryl methyl sites for hydroxylation is 3. The highest BCUT2D eigenvalue weighted by Gasteiger charge is 2.17. The van der Waals surface area contributed by atoms with Crippen LogP contribution in [0, 0.1) is 0 Å². The summed E-state index contributed by atoms with van der Waals surface area (Å²) in [5, 5.41) is 4.27. The maximum Gasteiger partial charge on any atom is 0.267 e. The molecule has 1 unspecified atom stereocenters. The molecule has 0 fully saturated rings.